The number of fused-ring (bicyclic) bond motifs is 3. The summed E-state index contributed by atoms with van der Waals surface area (Å²) in [5.41, 5.74) is 14.9. The molecule has 1 aliphatic heterocycles. The van der Waals surface area contributed by atoms with E-state index in [0.29, 0.717) is 5.88 Å². The summed E-state index contributed by atoms with van der Waals surface area (Å²) >= 11 is 0. The highest BCUT2D eigenvalue weighted by Crippen LogP contribution is 2.46. The molecule has 0 fully saturated rings. The van der Waals surface area contributed by atoms with Gasteiger partial charge in [0.1, 0.15) is 11.6 Å². The number of nitrogens with two attached hydrogens (primary N) is 2. The molecule has 1 unspecified atom stereocenters. The molecule has 5 N–H and O–H groups in total. The lowest BCUT2D eigenvalue weighted by atomic mass is 9.79. The molecule has 0 saturated carbocycles. The Labute approximate surface area is 151 Å². The number of nitrogens with zero attached hydrogens (tertiary/aromatic N) is 1. The summed E-state index contributed by atoms with van der Waals surface area (Å²) in [5, 5.41) is 14.4. The van der Waals surface area contributed by atoms with Gasteiger partial charge in [0.15, 0.2) is 5.88 Å². The van der Waals surface area contributed by atoms with E-state index in [0.717, 1.165) is 33.2 Å². The Morgan fingerprint density at radius 3 is 2.50 bits per heavy atom. The fraction of sp³-hybridized carbons (Fsp3) is 0.0952. The Kier molecular flexibility index (Phi) is 3.97. The second-order valence-corrected chi connectivity index (χ2v) is 6.30. The van der Waals surface area contributed by atoms with E-state index in [2.05, 4.69) is 29.4 Å². The third-order valence-corrected chi connectivity index (χ3v) is 4.74. The van der Waals surface area contributed by atoms with Crippen LogP contribution in [-0.4, -0.2) is 11.0 Å². The zero-order valence-corrected chi connectivity index (χ0v) is 14.1. The van der Waals surface area contributed by atoms with Gasteiger partial charge < -0.3 is 21.4 Å². The molecule has 4 rings (SSSR count). The van der Waals surface area contributed by atoms with Crippen LogP contribution in [-0.2, 0) is 0 Å². The standard InChI is InChI=1S/C21H19N3O2/c22-18(24-25)12-16-19(14-7-2-1-3-8-14)20-15-9-5-4-6-13(15)10-11-17(20)26-21(16)23/h1-11,19,25H,12,23H2,(H2,22,24). The van der Waals surface area contributed by atoms with Crippen molar-refractivity contribution in [2.24, 2.45) is 16.6 Å². The molecule has 5 nitrogen and oxygen atoms in total. The summed E-state index contributed by atoms with van der Waals surface area (Å²) in [5.74, 6) is 0.995. The van der Waals surface area contributed by atoms with Gasteiger partial charge in [0, 0.05) is 23.5 Å². The second kappa shape index (κ2) is 6.44. The Morgan fingerprint density at radius 1 is 1.00 bits per heavy atom. The van der Waals surface area contributed by atoms with Gasteiger partial charge in [-0.25, -0.2) is 0 Å². The van der Waals surface area contributed by atoms with Crippen LogP contribution in [0.25, 0.3) is 10.8 Å². The highest BCUT2D eigenvalue weighted by atomic mass is 16.5. The first kappa shape index (κ1) is 16.0. The molecule has 0 spiro atoms. The Morgan fingerprint density at radius 2 is 1.73 bits per heavy atom. The van der Waals surface area contributed by atoms with Crippen LogP contribution in [0.1, 0.15) is 23.5 Å². The number of ether oxygens (including phenoxy) is 1. The van der Waals surface area contributed by atoms with Crippen molar-refractivity contribution in [3.63, 3.8) is 0 Å². The third-order valence-electron chi connectivity index (χ3n) is 4.74. The van der Waals surface area contributed by atoms with Crippen molar-refractivity contribution in [3.05, 3.63) is 89.3 Å². The van der Waals surface area contributed by atoms with Crippen LogP contribution in [0, 0.1) is 0 Å². The average molecular weight is 345 g/mol. The summed E-state index contributed by atoms with van der Waals surface area (Å²) in [6, 6.07) is 22.2. The normalized spacial score (nSPS) is 17.1. The van der Waals surface area contributed by atoms with Gasteiger partial charge in [-0.15, -0.1) is 0 Å². The fourth-order valence-corrected chi connectivity index (χ4v) is 3.60. The van der Waals surface area contributed by atoms with Crippen molar-refractivity contribution in [2.75, 3.05) is 0 Å². The van der Waals surface area contributed by atoms with Gasteiger partial charge >= 0.3 is 0 Å². The molecule has 3 aromatic rings. The summed E-state index contributed by atoms with van der Waals surface area (Å²) in [4.78, 5) is 0. The number of benzene rings is 3. The number of hydrogen-bond donors (Lipinski definition) is 3. The first-order valence-electron chi connectivity index (χ1n) is 8.38. The molecule has 3 aromatic carbocycles. The summed E-state index contributed by atoms with van der Waals surface area (Å²) in [7, 11) is 0. The Hall–Kier alpha value is -3.47. The maximum absolute atomic E-state index is 9.03. The molecular formula is C21H19N3O2. The number of hydrogen-bond acceptors (Lipinski definition) is 4. The molecule has 0 aromatic heterocycles. The summed E-state index contributed by atoms with van der Waals surface area (Å²) < 4.78 is 5.91. The van der Waals surface area contributed by atoms with E-state index < -0.39 is 0 Å². The predicted molar refractivity (Wildman–Crippen MR) is 102 cm³/mol. The molecule has 1 heterocycles. The minimum absolute atomic E-state index is 0.0937. The molecular weight excluding hydrogens is 326 g/mol. The summed E-state index contributed by atoms with van der Waals surface area (Å²) in [6.07, 6.45) is 0.227. The minimum Gasteiger partial charge on any atom is -0.441 e. The SMILES string of the molecule is NC1=C(C/C(N)=N\O)C(c2ccccc2)c2c(ccc3ccccc23)O1. The molecule has 26 heavy (non-hydrogen) atoms. The van der Waals surface area contributed by atoms with Gasteiger partial charge in [0.25, 0.3) is 0 Å². The lowest BCUT2D eigenvalue weighted by molar-refractivity contribution is 0.317. The smallest absolute Gasteiger partial charge is 0.191 e. The van der Waals surface area contributed by atoms with Gasteiger partial charge in [-0.3, -0.25) is 0 Å². The van der Waals surface area contributed by atoms with Gasteiger partial charge in [-0.1, -0.05) is 65.8 Å². The Balaban J connectivity index is 2.00. The van der Waals surface area contributed by atoms with E-state index in [-0.39, 0.29) is 18.2 Å². The van der Waals surface area contributed by atoms with Crippen LogP contribution in [0.4, 0.5) is 0 Å². The average Bonchev–Trinajstić information content (AvgIpc) is 2.69. The second-order valence-electron chi connectivity index (χ2n) is 6.30. The zero-order chi connectivity index (χ0) is 18.1. The largest absolute Gasteiger partial charge is 0.441 e. The molecule has 0 amide bonds. The van der Waals surface area contributed by atoms with Crippen molar-refractivity contribution in [1.82, 2.24) is 0 Å². The molecule has 5 heteroatoms. The van der Waals surface area contributed by atoms with Gasteiger partial charge in [-0.05, 0) is 22.4 Å². The maximum atomic E-state index is 9.03. The van der Waals surface area contributed by atoms with Crippen LogP contribution in [0.5, 0.6) is 5.75 Å². The molecule has 130 valence electrons. The molecule has 0 saturated heterocycles. The van der Waals surface area contributed by atoms with Crippen molar-refractivity contribution in [3.8, 4) is 5.75 Å². The van der Waals surface area contributed by atoms with Crippen LogP contribution in [0.3, 0.4) is 0 Å². The van der Waals surface area contributed by atoms with Gasteiger partial charge in [-0.2, -0.15) is 0 Å². The first-order chi connectivity index (χ1) is 12.7. The molecule has 1 atom stereocenters. The maximum Gasteiger partial charge on any atom is 0.191 e. The number of oxime groups is 1. The lowest BCUT2D eigenvalue weighted by Gasteiger charge is -2.30. The fourth-order valence-electron chi connectivity index (χ4n) is 3.60. The highest BCUT2D eigenvalue weighted by molar-refractivity contribution is 5.90. The van der Waals surface area contributed by atoms with Gasteiger partial charge in [0.2, 0.25) is 0 Å². The number of rotatable bonds is 3. The van der Waals surface area contributed by atoms with E-state index in [1.54, 1.807) is 0 Å². The van der Waals surface area contributed by atoms with Crippen molar-refractivity contribution in [2.45, 2.75) is 12.3 Å². The van der Waals surface area contributed by atoms with Crippen molar-refractivity contribution in [1.29, 1.82) is 0 Å². The molecule has 0 radical (unpaired) electrons. The minimum atomic E-state index is -0.133. The van der Waals surface area contributed by atoms with Crippen LogP contribution < -0.4 is 16.2 Å². The van der Waals surface area contributed by atoms with E-state index >= 15 is 0 Å². The van der Waals surface area contributed by atoms with Crippen LogP contribution in [0.2, 0.25) is 0 Å². The Bertz CT molecular complexity index is 1030. The van der Waals surface area contributed by atoms with E-state index in [1.165, 1.54) is 0 Å². The monoisotopic (exact) mass is 345 g/mol. The van der Waals surface area contributed by atoms with E-state index in [9.17, 15) is 0 Å². The summed E-state index contributed by atoms with van der Waals surface area (Å²) in [6.45, 7) is 0. The molecule has 0 bridgehead atoms. The quantitative estimate of drug-likeness (QED) is 0.292. The highest BCUT2D eigenvalue weighted by Gasteiger charge is 2.32. The van der Waals surface area contributed by atoms with Crippen molar-refractivity contribution < 1.29 is 9.94 Å². The van der Waals surface area contributed by atoms with Gasteiger partial charge in [0.05, 0.1) is 0 Å². The number of amidine groups is 1. The molecule has 1 aliphatic rings. The zero-order valence-electron chi connectivity index (χ0n) is 14.1. The van der Waals surface area contributed by atoms with E-state index in [1.807, 2.05) is 42.5 Å². The van der Waals surface area contributed by atoms with Crippen molar-refractivity contribution >= 4 is 16.6 Å². The topological polar surface area (TPSA) is 93.9 Å². The predicted octanol–water partition coefficient (Wildman–Crippen LogP) is 3.67. The van der Waals surface area contributed by atoms with Crippen LogP contribution in [0.15, 0.2) is 83.3 Å². The lowest BCUT2D eigenvalue weighted by Crippen LogP contribution is -2.25. The first-order valence-corrected chi connectivity index (χ1v) is 8.38. The molecule has 0 aliphatic carbocycles. The van der Waals surface area contributed by atoms with Crippen LogP contribution >= 0.6 is 0 Å². The van der Waals surface area contributed by atoms with E-state index in [4.69, 9.17) is 21.4 Å². The third kappa shape index (κ3) is 2.63.